The molecule has 0 saturated carbocycles. The molecule has 0 aliphatic heterocycles. The van der Waals surface area contributed by atoms with E-state index in [0.717, 1.165) is 0 Å². The highest BCUT2D eigenvalue weighted by atomic mass is 19.3. The number of ether oxygens (including phenoxy) is 2. The fraction of sp³-hybridized carbons (Fsp3) is 0.333. The molecule has 7 nitrogen and oxygen atoms in total. The summed E-state index contributed by atoms with van der Waals surface area (Å²) in [7, 11) is 0. The van der Waals surface area contributed by atoms with Gasteiger partial charge in [0.15, 0.2) is 5.69 Å². The molecule has 0 saturated heterocycles. The molecule has 0 atom stereocenters. The fourth-order valence-electron chi connectivity index (χ4n) is 1.44. The van der Waals surface area contributed by atoms with E-state index in [-0.39, 0.29) is 30.5 Å². The molecular formula is C12H11F2N3O4. The number of rotatable bonds is 6. The molecule has 2 aromatic heterocycles. The van der Waals surface area contributed by atoms with Crippen LogP contribution in [0.25, 0.3) is 0 Å². The Kier molecular flexibility index (Phi) is 4.75. The zero-order chi connectivity index (χ0) is 15.2. The van der Waals surface area contributed by atoms with E-state index in [0.29, 0.717) is 5.69 Å². The first kappa shape index (κ1) is 14.8. The van der Waals surface area contributed by atoms with E-state index in [4.69, 9.17) is 9.15 Å². The number of alkyl halides is 2. The van der Waals surface area contributed by atoms with Crippen molar-refractivity contribution in [3.05, 3.63) is 35.7 Å². The van der Waals surface area contributed by atoms with Crippen molar-refractivity contribution in [1.29, 1.82) is 0 Å². The molecule has 0 fully saturated rings. The van der Waals surface area contributed by atoms with Gasteiger partial charge in [0, 0.05) is 6.07 Å². The number of carbonyl (C=O) groups excluding carboxylic acids is 1. The maximum absolute atomic E-state index is 12.0. The van der Waals surface area contributed by atoms with Crippen molar-refractivity contribution in [3.8, 4) is 5.88 Å². The van der Waals surface area contributed by atoms with Gasteiger partial charge in [-0.2, -0.15) is 13.9 Å². The maximum atomic E-state index is 12.0. The van der Waals surface area contributed by atoms with Gasteiger partial charge in [-0.25, -0.2) is 9.78 Å². The first-order valence-corrected chi connectivity index (χ1v) is 5.97. The molecule has 2 aromatic rings. The van der Waals surface area contributed by atoms with Crippen molar-refractivity contribution in [3.63, 3.8) is 0 Å². The van der Waals surface area contributed by atoms with Crippen molar-refractivity contribution >= 4 is 5.97 Å². The van der Waals surface area contributed by atoms with Crippen LogP contribution in [0.4, 0.5) is 8.78 Å². The summed E-state index contributed by atoms with van der Waals surface area (Å²) in [5.74, 6) is -0.637. The predicted octanol–water partition coefficient (Wildman–Crippen LogP) is 1.83. The fourth-order valence-corrected chi connectivity index (χ4v) is 1.44. The third kappa shape index (κ3) is 4.20. The molecule has 2 rings (SSSR count). The molecule has 0 aromatic carbocycles. The maximum Gasteiger partial charge on any atom is 0.388 e. The second-order valence-electron chi connectivity index (χ2n) is 3.77. The molecule has 2 heterocycles. The third-order valence-electron chi connectivity index (χ3n) is 2.27. The number of oxazole rings is 1. The molecule has 112 valence electrons. The van der Waals surface area contributed by atoms with E-state index in [1.54, 1.807) is 6.92 Å². The Morgan fingerprint density at radius 1 is 1.38 bits per heavy atom. The van der Waals surface area contributed by atoms with E-state index < -0.39 is 12.6 Å². The predicted molar refractivity (Wildman–Crippen MR) is 63.9 cm³/mol. The second-order valence-corrected chi connectivity index (χ2v) is 3.77. The lowest BCUT2D eigenvalue weighted by atomic mass is 10.3. The molecule has 0 spiro atoms. The lowest BCUT2D eigenvalue weighted by Gasteiger charge is -2.02. The van der Waals surface area contributed by atoms with Crippen LogP contribution in [-0.4, -0.2) is 34.4 Å². The minimum Gasteiger partial charge on any atom is -0.461 e. The molecule has 0 radical (unpaired) electrons. The lowest BCUT2D eigenvalue weighted by molar-refractivity contribution is -0.0534. The molecule has 0 bridgehead atoms. The molecule has 0 N–H and O–H groups in total. The van der Waals surface area contributed by atoms with Crippen LogP contribution in [0.5, 0.6) is 5.88 Å². The monoisotopic (exact) mass is 299 g/mol. The highest BCUT2D eigenvalue weighted by Gasteiger charge is 2.14. The van der Waals surface area contributed by atoms with Crippen LogP contribution in [0.3, 0.4) is 0 Å². The van der Waals surface area contributed by atoms with Crippen LogP contribution in [0.2, 0.25) is 0 Å². The quantitative estimate of drug-likeness (QED) is 0.752. The highest BCUT2D eigenvalue weighted by Crippen LogP contribution is 2.12. The number of hydrogen-bond donors (Lipinski definition) is 0. The zero-order valence-corrected chi connectivity index (χ0v) is 11.0. The molecule has 9 heteroatoms. The molecule has 0 aliphatic rings. The Morgan fingerprint density at radius 2 is 2.19 bits per heavy atom. The smallest absolute Gasteiger partial charge is 0.388 e. The van der Waals surface area contributed by atoms with Crippen molar-refractivity contribution in [1.82, 2.24) is 15.2 Å². The van der Waals surface area contributed by atoms with E-state index in [1.165, 1.54) is 18.4 Å². The van der Waals surface area contributed by atoms with Crippen molar-refractivity contribution in [2.45, 2.75) is 20.0 Å². The molecular weight excluding hydrogens is 288 g/mol. The molecule has 21 heavy (non-hydrogen) atoms. The Labute approximate surface area is 117 Å². The SMILES string of the molecule is CCOC(=O)c1coc(Cc2ccc(OC(F)F)nn2)n1. The first-order valence-electron chi connectivity index (χ1n) is 5.97. The van der Waals surface area contributed by atoms with Gasteiger partial charge in [-0.05, 0) is 13.0 Å². The van der Waals surface area contributed by atoms with Crippen molar-refractivity contribution in [2.75, 3.05) is 6.61 Å². The van der Waals surface area contributed by atoms with Crippen LogP contribution >= 0.6 is 0 Å². The number of aromatic nitrogens is 3. The van der Waals surface area contributed by atoms with Crippen LogP contribution in [0.1, 0.15) is 29.0 Å². The van der Waals surface area contributed by atoms with Gasteiger partial charge in [0.2, 0.25) is 11.8 Å². The number of nitrogens with zero attached hydrogens (tertiary/aromatic N) is 3. The van der Waals surface area contributed by atoms with Gasteiger partial charge in [0.25, 0.3) is 0 Å². The van der Waals surface area contributed by atoms with Crippen LogP contribution < -0.4 is 4.74 Å². The molecule has 0 amide bonds. The standard InChI is InChI=1S/C12H11F2N3O4/c1-2-19-11(18)8-6-20-10(15-8)5-7-3-4-9(17-16-7)21-12(13)14/h3-4,6,12H,2,5H2,1H3. The Bertz CT molecular complexity index is 601. The molecule has 0 unspecified atom stereocenters. The van der Waals surface area contributed by atoms with Gasteiger partial charge in [0.1, 0.15) is 6.26 Å². The van der Waals surface area contributed by atoms with Crippen molar-refractivity contribution < 1.29 is 27.5 Å². The zero-order valence-electron chi connectivity index (χ0n) is 11.0. The average Bonchev–Trinajstić information content (AvgIpc) is 2.89. The summed E-state index contributed by atoms with van der Waals surface area (Å²) < 4.78 is 37.8. The highest BCUT2D eigenvalue weighted by molar-refractivity contribution is 5.86. The first-order chi connectivity index (χ1) is 10.1. The van der Waals surface area contributed by atoms with E-state index >= 15 is 0 Å². The average molecular weight is 299 g/mol. The summed E-state index contributed by atoms with van der Waals surface area (Å²) in [6, 6.07) is 2.70. The number of halogens is 2. The number of esters is 1. The Morgan fingerprint density at radius 3 is 2.81 bits per heavy atom. The van der Waals surface area contributed by atoms with Gasteiger partial charge in [0.05, 0.1) is 18.7 Å². The summed E-state index contributed by atoms with van der Waals surface area (Å²) in [4.78, 5) is 15.3. The van der Waals surface area contributed by atoms with Gasteiger partial charge in [-0.15, -0.1) is 5.10 Å². The van der Waals surface area contributed by atoms with E-state index in [9.17, 15) is 13.6 Å². The van der Waals surface area contributed by atoms with Gasteiger partial charge < -0.3 is 13.9 Å². The van der Waals surface area contributed by atoms with Crippen LogP contribution in [0, 0.1) is 0 Å². The summed E-state index contributed by atoms with van der Waals surface area (Å²) in [6.45, 7) is -1.04. The van der Waals surface area contributed by atoms with E-state index in [1.807, 2.05) is 0 Å². The van der Waals surface area contributed by atoms with Gasteiger partial charge in [-0.1, -0.05) is 0 Å². The minimum atomic E-state index is -2.95. The van der Waals surface area contributed by atoms with Crippen molar-refractivity contribution in [2.24, 2.45) is 0 Å². The summed E-state index contributed by atoms with van der Waals surface area (Å²) in [5, 5.41) is 7.17. The van der Waals surface area contributed by atoms with Gasteiger partial charge in [-0.3, -0.25) is 0 Å². The van der Waals surface area contributed by atoms with Gasteiger partial charge >= 0.3 is 12.6 Å². The Hall–Kier alpha value is -2.58. The second kappa shape index (κ2) is 6.73. The minimum absolute atomic E-state index is 0.0532. The summed E-state index contributed by atoms with van der Waals surface area (Å²) in [6.07, 6.45) is 1.33. The van der Waals surface area contributed by atoms with E-state index in [2.05, 4.69) is 19.9 Å². The topological polar surface area (TPSA) is 87.3 Å². The Balaban J connectivity index is 2.00. The molecule has 0 aliphatic carbocycles. The number of hydrogen-bond acceptors (Lipinski definition) is 7. The lowest BCUT2D eigenvalue weighted by Crippen LogP contribution is -2.06. The third-order valence-corrected chi connectivity index (χ3v) is 2.27. The number of carbonyl (C=O) groups is 1. The van der Waals surface area contributed by atoms with Crippen LogP contribution in [0.15, 0.2) is 22.8 Å². The van der Waals surface area contributed by atoms with Crippen LogP contribution in [-0.2, 0) is 11.2 Å². The summed E-state index contributed by atoms with van der Waals surface area (Å²) >= 11 is 0. The normalized spacial score (nSPS) is 10.7. The largest absolute Gasteiger partial charge is 0.461 e. The summed E-state index contributed by atoms with van der Waals surface area (Å²) in [5.41, 5.74) is 0.478.